The van der Waals surface area contributed by atoms with E-state index < -0.39 is 28.9 Å². The molecule has 1 amide bonds. The number of fused-ring (bicyclic) bond motifs is 1. The van der Waals surface area contributed by atoms with Gasteiger partial charge in [0.1, 0.15) is 17.2 Å². The maximum atomic E-state index is 14.9. The molecule has 6 nitrogen and oxygen atoms in total. The Morgan fingerprint density at radius 3 is 2.06 bits per heavy atom. The molecule has 7 heteroatoms. The molecular weight excluding hydrogens is 591 g/mol. The topological polar surface area (TPSA) is 73.2 Å². The lowest BCUT2D eigenvalue weighted by atomic mass is 9.51. The highest BCUT2D eigenvalue weighted by molar-refractivity contribution is 5.82. The Morgan fingerprint density at radius 2 is 1.49 bits per heavy atom. The molecule has 47 heavy (non-hydrogen) atoms. The van der Waals surface area contributed by atoms with Gasteiger partial charge in [0.15, 0.2) is 0 Å². The fraction of sp³-hybridized carbons (Fsp3) is 0.375. The van der Waals surface area contributed by atoms with Crippen LogP contribution in [0.2, 0.25) is 0 Å². The molecule has 1 saturated carbocycles. The summed E-state index contributed by atoms with van der Waals surface area (Å²) in [5, 5.41) is 25.0. The van der Waals surface area contributed by atoms with E-state index in [0.29, 0.717) is 18.7 Å². The highest BCUT2D eigenvalue weighted by atomic mass is 19.1. The molecule has 1 aliphatic carbocycles. The van der Waals surface area contributed by atoms with Crippen LogP contribution in [-0.2, 0) is 22.2 Å². The van der Waals surface area contributed by atoms with Crippen LogP contribution in [0.4, 0.5) is 4.39 Å². The largest absolute Gasteiger partial charge is 0.496 e. The molecule has 1 unspecified atom stereocenters. The maximum absolute atomic E-state index is 14.9. The maximum Gasteiger partial charge on any atom is 0.239 e. The number of nitrogens with zero attached hydrogens (tertiary/aromatic N) is 2. The van der Waals surface area contributed by atoms with Crippen molar-refractivity contribution in [2.24, 2.45) is 11.8 Å². The van der Waals surface area contributed by atoms with Gasteiger partial charge >= 0.3 is 0 Å². The van der Waals surface area contributed by atoms with Crippen LogP contribution in [0.3, 0.4) is 0 Å². The number of likely N-dealkylation sites (N-methyl/N-ethyl adjacent to an activating group) is 1. The van der Waals surface area contributed by atoms with Crippen molar-refractivity contribution in [3.8, 4) is 5.75 Å². The Bertz CT molecular complexity index is 1610. The third kappa shape index (κ3) is 5.97. The number of aliphatic hydroxyl groups is 2. The number of carbonyl (C=O) groups excluding carboxylic acids is 1. The van der Waals surface area contributed by atoms with Crippen LogP contribution in [0, 0.1) is 17.7 Å². The first kappa shape index (κ1) is 32.9. The lowest BCUT2D eigenvalue weighted by Crippen LogP contribution is -2.60. The van der Waals surface area contributed by atoms with Crippen LogP contribution in [0.15, 0.2) is 109 Å². The number of amides is 1. The molecule has 0 aromatic heterocycles. The predicted molar refractivity (Wildman–Crippen MR) is 182 cm³/mol. The molecule has 2 fully saturated rings. The zero-order chi connectivity index (χ0) is 33.2. The summed E-state index contributed by atoms with van der Waals surface area (Å²) < 4.78 is 20.5. The summed E-state index contributed by atoms with van der Waals surface area (Å²) in [6, 6.07) is 34.2. The fourth-order valence-corrected chi connectivity index (χ4v) is 8.42. The van der Waals surface area contributed by atoms with E-state index in [2.05, 4.69) is 36.4 Å². The van der Waals surface area contributed by atoms with E-state index >= 15 is 0 Å². The molecule has 1 saturated heterocycles. The summed E-state index contributed by atoms with van der Waals surface area (Å²) in [4.78, 5) is 18.4. The lowest BCUT2D eigenvalue weighted by molar-refractivity contribution is -0.168. The average Bonchev–Trinajstić information content (AvgIpc) is 3.56. The molecule has 2 N–H and O–H groups in total. The van der Waals surface area contributed by atoms with E-state index in [4.69, 9.17) is 4.74 Å². The number of hydrogen-bond donors (Lipinski definition) is 2. The van der Waals surface area contributed by atoms with E-state index in [1.165, 1.54) is 30.9 Å². The zero-order valence-corrected chi connectivity index (χ0v) is 27.4. The molecule has 0 bridgehead atoms. The van der Waals surface area contributed by atoms with Gasteiger partial charge in [-0.2, -0.15) is 0 Å². The quantitative estimate of drug-likeness (QED) is 0.230. The van der Waals surface area contributed by atoms with Gasteiger partial charge in [0.25, 0.3) is 0 Å². The molecule has 246 valence electrons. The summed E-state index contributed by atoms with van der Waals surface area (Å²) in [6.45, 7) is 0.587. The van der Waals surface area contributed by atoms with Crippen molar-refractivity contribution in [3.05, 3.63) is 137 Å². The summed E-state index contributed by atoms with van der Waals surface area (Å²) >= 11 is 0. The number of methoxy groups -OCH3 is 1. The van der Waals surface area contributed by atoms with Gasteiger partial charge in [-0.1, -0.05) is 91.0 Å². The van der Waals surface area contributed by atoms with Crippen LogP contribution in [-0.4, -0.2) is 72.4 Å². The van der Waals surface area contributed by atoms with Crippen molar-refractivity contribution < 1.29 is 24.1 Å². The monoisotopic (exact) mass is 636 g/mol. The van der Waals surface area contributed by atoms with E-state index in [1.807, 2.05) is 78.5 Å². The minimum Gasteiger partial charge on any atom is -0.496 e. The molecule has 1 aliphatic heterocycles. The third-order valence-electron chi connectivity index (χ3n) is 10.7. The number of aliphatic hydroxyl groups excluding tert-OH is 1. The second kappa shape index (κ2) is 13.6. The number of likely N-dealkylation sites (tertiary alicyclic amines) is 1. The van der Waals surface area contributed by atoms with E-state index in [0.717, 1.165) is 24.0 Å². The number of benzene rings is 4. The lowest BCUT2D eigenvalue weighted by Gasteiger charge is -2.55. The van der Waals surface area contributed by atoms with Gasteiger partial charge in [0.2, 0.25) is 5.91 Å². The second-order valence-corrected chi connectivity index (χ2v) is 13.4. The van der Waals surface area contributed by atoms with Gasteiger partial charge in [0.05, 0.1) is 19.3 Å². The Kier molecular flexibility index (Phi) is 9.51. The Hall–Kier alpha value is -4.04. The number of carbonyl (C=O) groups is 1. The Labute approximate surface area is 277 Å². The number of ether oxygens (including phenoxy) is 1. The number of aryl methyl sites for hydroxylation is 1. The van der Waals surface area contributed by atoms with Crippen molar-refractivity contribution in [2.75, 3.05) is 34.3 Å². The highest BCUT2D eigenvalue weighted by Gasteiger charge is 2.65. The first-order valence-electron chi connectivity index (χ1n) is 16.5. The van der Waals surface area contributed by atoms with Crippen LogP contribution < -0.4 is 4.74 Å². The molecule has 0 spiro atoms. The minimum atomic E-state index is -1.87. The first-order chi connectivity index (χ1) is 22.7. The normalized spacial score (nSPS) is 24.1. The third-order valence-corrected chi connectivity index (χ3v) is 10.7. The molecular formula is C40H45FN2O4. The smallest absolute Gasteiger partial charge is 0.239 e. The zero-order valence-electron chi connectivity index (χ0n) is 27.4. The number of rotatable bonds is 10. The van der Waals surface area contributed by atoms with E-state index in [-0.39, 0.29) is 36.4 Å². The molecule has 4 aromatic rings. The Balaban J connectivity index is 1.43. The van der Waals surface area contributed by atoms with Crippen molar-refractivity contribution in [3.63, 3.8) is 0 Å². The standard InChI is InChI=1S/C40H45FN2O4/c1-42(2)35(21-13-16-28-14-7-4-8-15-28)38(45)43-26-33-34(27-43)40(46,32-24-31(41)22-23-36(32)47-3)37(44)25-39(33,29-17-9-5-10-18-29)30-19-11-6-12-20-30/h4-12,14-15,17-20,22-24,33-35,37,44,46H,13,16,21,25-27H2,1-3H3/t33-,34+,35?,37-,40+/m1/s1. The number of hydrogen-bond acceptors (Lipinski definition) is 5. The summed E-state index contributed by atoms with van der Waals surface area (Å²) in [7, 11) is 5.35. The van der Waals surface area contributed by atoms with Gasteiger partial charge in [0, 0.05) is 30.0 Å². The van der Waals surface area contributed by atoms with Gasteiger partial charge in [-0.3, -0.25) is 9.69 Å². The minimum absolute atomic E-state index is 0.00414. The molecule has 0 radical (unpaired) electrons. The van der Waals surface area contributed by atoms with Crippen LogP contribution in [0.25, 0.3) is 0 Å². The summed E-state index contributed by atoms with van der Waals surface area (Å²) in [5.41, 5.74) is 0.864. The first-order valence-corrected chi connectivity index (χ1v) is 16.5. The van der Waals surface area contributed by atoms with Crippen molar-refractivity contribution in [1.82, 2.24) is 9.80 Å². The molecule has 5 atom stereocenters. The molecule has 4 aromatic carbocycles. The Morgan fingerprint density at radius 1 is 0.915 bits per heavy atom. The predicted octanol–water partition coefficient (Wildman–Crippen LogP) is 5.80. The highest BCUT2D eigenvalue weighted by Crippen LogP contribution is 2.60. The van der Waals surface area contributed by atoms with Gasteiger partial charge < -0.3 is 19.8 Å². The second-order valence-electron chi connectivity index (χ2n) is 13.4. The summed E-state index contributed by atoms with van der Waals surface area (Å²) in [6.07, 6.45) is 1.29. The molecule has 2 aliphatic rings. The van der Waals surface area contributed by atoms with Gasteiger partial charge in [-0.25, -0.2) is 4.39 Å². The fourth-order valence-electron chi connectivity index (χ4n) is 8.42. The van der Waals surface area contributed by atoms with Crippen molar-refractivity contribution in [2.45, 2.75) is 48.8 Å². The SMILES string of the molecule is COc1ccc(F)cc1[C@@]1(O)[C@H](O)CC(c2ccccc2)(c2ccccc2)[C@@H]2CN(C(=O)C(CCCc3ccccc3)N(C)C)C[C@@H]21. The number of halogens is 1. The molecule has 6 rings (SSSR count). The van der Waals surface area contributed by atoms with Gasteiger partial charge in [-0.15, -0.1) is 0 Å². The van der Waals surface area contributed by atoms with E-state index in [9.17, 15) is 19.4 Å². The van der Waals surface area contributed by atoms with Crippen molar-refractivity contribution in [1.29, 1.82) is 0 Å². The van der Waals surface area contributed by atoms with Crippen molar-refractivity contribution >= 4 is 5.91 Å². The molecule has 1 heterocycles. The van der Waals surface area contributed by atoms with Gasteiger partial charge in [-0.05, 0) is 80.6 Å². The summed E-state index contributed by atoms with van der Waals surface area (Å²) in [5.74, 6) is -1.16. The van der Waals surface area contributed by atoms with Crippen LogP contribution in [0.1, 0.15) is 41.5 Å². The van der Waals surface area contributed by atoms with Crippen LogP contribution in [0.5, 0.6) is 5.75 Å². The van der Waals surface area contributed by atoms with E-state index in [1.54, 1.807) is 0 Å². The average molecular weight is 637 g/mol. The van der Waals surface area contributed by atoms with Crippen LogP contribution >= 0.6 is 0 Å².